The second-order valence-electron chi connectivity index (χ2n) is 6.31. The summed E-state index contributed by atoms with van der Waals surface area (Å²) in [6.07, 6.45) is 8.25. The monoisotopic (exact) mass is 308 g/mol. The van der Waals surface area contributed by atoms with Gasteiger partial charge in [-0.2, -0.15) is 0 Å². The van der Waals surface area contributed by atoms with Gasteiger partial charge in [-0.05, 0) is 61.6 Å². The lowest BCUT2D eigenvalue weighted by Crippen LogP contribution is -2.41. The maximum absolute atomic E-state index is 12.1. The Labute approximate surface area is 133 Å². The summed E-state index contributed by atoms with van der Waals surface area (Å²) in [6, 6.07) is 7.20. The van der Waals surface area contributed by atoms with Crippen molar-refractivity contribution in [2.75, 3.05) is 0 Å². The molecule has 3 N–H and O–H groups in total. The lowest BCUT2D eigenvalue weighted by atomic mass is 9.91. The molecular weight excluding hydrogens is 284 g/mol. The number of carbonyl (C=O) groups is 1. The van der Waals surface area contributed by atoms with E-state index in [9.17, 15) is 4.79 Å². The zero-order chi connectivity index (χ0) is 13.9. The zero-order valence-corrected chi connectivity index (χ0v) is 13.3. The molecule has 0 aromatic heterocycles. The van der Waals surface area contributed by atoms with Crippen LogP contribution >= 0.6 is 12.4 Å². The van der Waals surface area contributed by atoms with Crippen LogP contribution in [0.5, 0.6) is 0 Å². The molecule has 3 rings (SSSR count). The number of aryl methyl sites for hydroxylation is 2. The maximum Gasteiger partial charge on any atom is 0.224 e. The van der Waals surface area contributed by atoms with Crippen LogP contribution in [0.25, 0.3) is 0 Å². The predicted octanol–water partition coefficient (Wildman–Crippen LogP) is 2.53. The van der Waals surface area contributed by atoms with E-state index in [2.05, 4.69) is 23.5 Å². The highest BCUT2D eigenvalue weighted by Gasteiger charge is 2.20. The van der Waals surface area contributed by atoms with E-state index < -0.39 is 0 Å². The molecule has 0 radical (unpaired) electrons. The largest absolute Gasteiger partial charge is 0.353 e. The Kier molecular flexibility index (Phi) is 5.65. The number of nitrogens with two attached hydrogens (primary N) is 1. The summed E-state index contributed by atoms with van der Waals surface area (Å²) in [6.45, 7) is 0. The highest BCUT2D eigenvalue weighted by Crippen LogP contribution is 2.23. The number of fused-ring (bicyclic) bond motifs is 1. The molecule has 0 saturated heterocycles. The van der Waals surface area contributed by atoms with Gasteiger partial charge >= 0.3 is 0 Å². The maximum atomic E-state index is 12.1. The van der Waals surface area contributed by atoms with E-state index in [-0.39, 0.29) is 18.3 Å². The number of carbonyl (C=O) groups excluding carboxylic acids is 1. The summed E-state index contributed by atoms with van der Waals surface area (Å²) in [5, 5.41) is 3.16. The second kappa shape index (κ2) is 7.28. The number of benzene rings is 1. The number of halogens is 1. The van der Waals surface area contributed by atoms with Crippen LogP contribution in [-0.2, 0) is 24.1 Å². The van der Waals surface area contributed by atoms with Gasteiger partial charge in [-0.15, -0.1) is 12.4 Å². The molecule has 1 aromatic rings. The van der Waals surface area contributed by atoms with Crippen LogP contribution < -0.4 is 11.1 Å². The van der Waals surface area contributed by atoms with E-state index in [0.29, 0.717) is 18.5 Å². The summed E-state index contributed by atoms with van der Waals surface area (Å²) >= 11 is 0. The van der Waals surface area contributed by atoms with Crippen molar-refractivity contribution in [1.82, 2.24) is 5.32 Å². The molecule has 1 fully saturated rings. The fourth-order valence-electron chi connectivity index (χ4n) is 3.46. The SMILES string of the molecule is Cl.NC1CCC(NC(=O)Cc2ccc3c(c2)CCC3)CC1. The minimum absolute atomic E-state index is 0. The van der Waals surface area contributed by atoms with Crippen molar-refractivity contribution in [2.45, 2.75) is 63.5 Å². The standard InChI is InChI=1S/C17H24N2O.ClH/c18-15-6-8-16(9-7-15)19-17(20)11-12-4-5-13-2-1-3-14(13)10-12;/h4-5,10,15-16H,1-3,6-9,11,18H2,(H,19,20);1H. The molecule has 0 atom stereocenters. The van der Waals surface area contributed by atoms with Crippen molar-refractivity contribution in [3.05, 3.63) is 34.9 Å². The van der Waals surface area contributed by atoms with Crippen molar-refractivity contribution in [3.8, 4) is 0 Å². The Bertz CT molecular complexity index is 496. The molecule has 1 amide bonds. The molecule has 3 nitrogen and oxygen atoms in total. The van der Waals surface area contributed by atoms with Crippen molar-refractivity contribution in [2.24, 2.45) is 5.73 Å². The Balaban J connectivity index is 0.00000161. The normalized spacial score (nSPS) is 24.0. The summed E-state index contributed by atoms with van der Waals surface area (Å²) in [5.74, 6) is 0.156. The Morgan fingerprint density at radius 3 is 2.62 bits per heavy atom. The van der Waals surface area contributed by atoms with Crippen LogP contribution in [-0.4, -0.2) is 18.0 Å². The molecule has 2 aliphatic carbocycles. The zero-order valence-electron chi connectivity index (χ0n) is 12.4. The van der Waals surface area contributed by atoms with E-state index in [1.165, 1.54) is 30.4 Å². The first-order valence-corrected chi connectivity index (χ1v) is 7.86. The first-order valence-electron chi connectivity index (χ1n) is 7.86. The van der Waals surface area contributed by atoms with Gasteiger partial charge < -0.3 is 11.1 Å². The lowest BCUT2D eigenvalue weighted by Gasteiger charge is -2.26. The number of nitrogens with one attached hydrogen (secondary N) is 1. The van der Waals surface area contributed by atoms with Crippen LogP contribution in [0.4, 0.5) is 0 Å². The third-order valence-electron chi connectivity index (χ3n) is 4.66. The number of rotatable bonds is 3. The van der Waals surface area contributed by atoms with Gasteiger partial charge in [0, 0.05) is 12.1 Å². The molecule has 1 aromatic carbocycles. The van der Waals surface area contributed by atoms with Crippen LogP contribution in [0.2, 0.25) is 0 Å². The van der Waals surface area contributed by atoms with Crippen LogP contribution in [0, 0.1) is 0 Å². The summed E-state index contributed by atoms with van der Waals surface area (Å²) in [5.41, 5.74) is 9.95. The van der Waals surface area contributed by atoms with Crippen molar-refractivity contribution < 1.29 is 4.79 Å². The molecule has 0 bridgehead atoms. The third kappa shape index (κ3) is 4.21. The van der Waals surface area contributed by atoms with Gasteiger partial charge in [0.1, 0.15) is 0 Å². The first kappa shape index (κ1) is 16.3. The molecule has 2 aliphatic rings. The van der Waals surface area contributed by atoms with Crippen LogP contribution in [0.15, 0.2) is 18.2 Å². The van der Waals surface area contributed by atoms with Gasteiger partial charge in [0.2, 0.25) is 5.91 Å². The fraction of sp³-hybridized carbons (Fsp3) is 0.588. The third-order valence-corrected chi connectivity index (χ3v) is 4.66. The quantitative estimate of drug-likeness (QED) is 0.901. The molecule has 21 heavy (non-hydrogen) atoms. The van der Waals surface area contributed by atoms with E-state index in [0.717, 1.165) is 31.2 Å². The van der Waals surface area contributed by atoms with E-state index in [1.54, 1.807) is 0 Å². The lowest BCUT2D eigenvalue weighted by molar-refractivity contribution is -0.121. The van der Waals surface area contributed by atoms with E-state index >= 15 is 0 Å². The molecule has 0 heterocycles. The molecule has 0 aliphatic heterocycles. The Morgan fingerprint density at radius 2 is 1.86 bits per heavy atom. The average molecular weight is 309 g/mol. The molecule has 116 valence electrons. The molecular formula is C17H25ClN2O. The first-order chi connectivity index (χ1) is 9.70. The minimum Gasteiger partial charge on any atom is -0.353 e. The second-order valence-corrected chi connectivity index (χ2v) is 6.31. The Hall–Kier alpha value is -1.06. The van der Waals surface area contributed by atoms with Gasteiger partial charge in [0.25, 0.3) is 0 Å². The summed E-state index contributed by atoms with van der Waals surface area (Å²) in [7, 11) is 0. The summed E-state index contributed by atoms with van der Waals surface area (Å²) < 4.78 is 0. The van der Waals surface area contributed by atoms with Crippen LogP contribution in [0.1, 0.15) is 48.8 Å². The van der Waals surface area contributed by atoms with Crippen molar-refractivity contribution in [1.29, 1.82) is 0 Å². The van der Waals surface area contributed by atoms with E-state index in [4.69, 9.17) is 5.73 Å². The molecule has 0 unspecified atom stereocenters. The van der Waals surface area contributed by atoms with Gasteiger partial charge in [0.05, 0.1) is 6.42 Å². The van der Waals surface area contributed by atoms with Gasteiger partial charge in [-0.1, -0.05) is 18.2 Å². The Morgan fingerprint density at radius 1 is 1.14 bits per heavy atom. The average Bonchev–Trinajstić information content (AvgIpc) is 2.89. The van der Waals surface area contributed by atoms with Gasteiger partial charge in [-0.3, -0.25) is 4.79 Å². The van der Waals surface area contributed by atoms with Crippen molar-refractivity contribution >= 4 is 18.3 Å². The predicted molar refractivity (Wildman–Crippen MR) is 87.8 cm³/mol. The fourth-order valence-corrected chi connectivity index (χ4v) is 3.46. The highest BCUT2D eigenvalue weighted by atomic mass is 35.5. The molecule has 1 saturated carbocycles. The highest BCUT2D eigenvalue weighted by molar-refractivity contribution is 5.85. The van der Waals surface area contributed by atoms with Gasteiger partial charge in [-0.25, -0.2) is 0 Å². The topological polar surface area (TPSA) is 55.1 Å². The molecule has 4 heteroatoms. The number of hydrogen-bond acceptors (Lipinski definition) is 2. The smallest absolute Gasteiger partial charge is 0.224 e. The summed E-state index contributed by atoms with van der Waals surface area (Å²) in [4.78, 5) is 12.1. The molecule has 0 spiro atoms. The minimum atomic E-state index is 0. The van der Waals surface area contributed by atoms with Gasteiger partial charge in [0.15, 0.2) is 0 Å². The number of amides is 1. The number of hydrogen-bond donors (Lipinski definition) is 2. The van der Waals surface area contributed by atoms with Crippen LogP contribution in [0.3, 0.4) is 0 Å². The van der Waals surface area contributed by atoms with E-state index in [1.807, 2.05) is 0 Å². The van der Waals surface area contributed by atoms with Crippen molar-refractivity contribution in [3.63, 3.8) is 0 Å².